The molecule has 4 heteroatoms. The van der Waals surface area contributed by atoms with Gasteiger partial charge in [0.15, 0.2) is 0 Å². The van der Waals surface area contributed by atoms with E-state index in [0.29, 0.717) is 12.8 Å². The lowest BCUT2D eigenvalue weighted by atomic mass is 10.0. The fourth-order valence-electron chi connectivity index (χ4n) is 5.83. The molecule has 0 saturated heterocycles. The lowest BCUT2D eigenvalue weighted by molar-refractivity contribution is -0.150. The number of esters is 1. The number of carboxylic acid groups (broad SMARTS) is 1. The van der Waals surface area contributed by atoms with Crippen LogP contribution < -0.4 is 0 Å². The molecule has 0 aromatic heterocycles. The van der Waals surface area contributed by atoms with Crippen LogP contribution >= 0.6 is 0 Å². The summed E-state index contributed by atoms with van der Waals surface area (Å²) in [6, 6.07) is 0. The maximum Gasteiger partial charge on any atom is 0.306 e. The minimum Gasteiger partial charge on any atom is -0.481 e. The fraction of sp³-hybridized carbons (Fsp3) is 0.946. The van der Waals surface area contributed by atoms with Gasteiger partial charge in [0.25, 0.3) is 0 Å². The lowest BCUT2D eigenvalue weighted by Crippen LogP contribution is -2.18. The Balaban J connectivity index is 3.80. The quantitative estimate of drug-likeness (QED) is 0.0607. The molecule has 0 heterocycles. The van der Waals surface area contributed by atoms with Gasteiger partial charge < -0.3 is 9.84 Å². The molecule has 0 aromatic rings. The van der Waals surface area contributed by atoms with Gasteiger partial charge in [-0.25, -0.2) is 0 Å². The Hall–Kier alpha value is -1.06. The molecular formula is C37H72O4. The highest BCUT2D eigenvalue weighted by Gasteiger charge is 2.14. The third-order valence-corrected chi connectivity index (χ3v) is 8.58. The highest BCUT2D eigenvalue weighted by Crippen LogP contribution is 2.19. The number of ether oxygens (including phenoxy) is 1. The van der Waals surface area contributed by atoms with Crippen LogP contribution in [-0.2, 0) is 14.3 Å². The summed E-state index contributed by atoms with van der Waals surface area (Å²) in [4.78, 5) is 23.3. The van der Waals surface area contributed by atoms with Crippen molar-refractivity contribution in [1.29, 1.82) is 0 Å². The van der Waals surface area contributed by atoms with E-state index < -0.39 is 5.97 Å². The molecule has 0 spiro atoms. The van der Waals surface area contributed by atoms with Crippen molar-refractivity contribution in [2.24, 2.45) is 0 Å². The Kier molecular flexibility index (Phi) is 32.6. The summed E-state index contributed by atoms with van der Waals surface area (Å²) in [5.74, 6) is -0.748. The zero-order valence-electron chi connectivity index (χ0n) is 27.9. The number of rotatable bonds is 34. The topological polar surface area (TPSA) is 63.6 Å². The molecule has 4 nitrogen and oxygen atoms in total. The summed E-state index contributed by atoms with van der Waals surface area (Å²) in [5, 5.41) is 8.85. The summed E-state index contributed by atoms with van der Waals surface area (Å²) in [6.45, 7) is 4.54. The molecule has 0 fully saturated rings. The van der Waals surface area contributed by atoms with Crippen LogP contribution in [0.4, 0.5) is 0 Å². The highest BCUT2D eigenvalue weighted by molar-refractivity contribution is 5.69. The zero-order chi connectivity index (χ0) is 30.1. The fourth-order valence-corrected chi connectivity index (χ4v) is 5.83. The number of carbonyl (C=O) groups excluding carboxylic acids is 1. The van der Waals surface area contributed by atoms with E-state index in [4.69, 9.17) is 9.84 Å². The van der Waals surface area contributed by atoms with Crippen molar-refractivity contribution in [2.75, 3.05) is 0 Å². The number of carbonyl (C=O) groups is 2. The number of hydrogen-bond acceptors (Lipinski definition) is 3. The zero-order valence-corrected chi connectivity index (χ0v) is 27.9. The highest BCUT2D eigenvalue weighted by atomic mass is 16.5. The third-order valence-electron chi connectivity index (χ3n) is 8.58. The lowest BCUT2D eigenvalue weighted by Gasteiger charge is -2.18. The molecule has 0 rings (SSSR count). The molecule has 0 aliphatic carbocycles. The SMILES string of the molecule is CCCCCCCCCCCCCCCCCCCC(=O)OC(CCCCCCCCCC)CCCCCC(=O)O. The second kappa shape index (κ2) is 33.4. The number of hydrogen-bond donors (Lipinski definition) is 1. The van der Waals surface area contributed by atoms with Gasteiger partial charge in [-0.3, -0.25) is 9.59 Å². The first-order valence-corrected chi connectivity index (χ1v) is 18.5. The van der Waals surface area contributed by atoms with Gasteiger partial charge in [0, 0.05) is 12.8 Å². The Morgan fingerprint density at radius 2 is 0.732 bits per heavy atom. The first-order valence-electron chi connectivity index (χ1n) is 18.5. The van der Waals surface area contributed by atoms with E-state index in [0.717, 1.165) is 44.9 Å². The van der Waals surface area contributed by atoms with Crippen molar-refractivity contribution < 1.29 is 19.4 Å². The second-order valence-corrected chi connectivity index (χ2v) is 12.8. The van der Waals surface area contributed by atoms with Gasteiger partial charge in [-0.05, 0) is 38.5 Å². The van der Waals surface area contributed by atoms with Gasteiger partial charge in [0.2, 0.25) is 0 Å². The molecule has 0 radical (unpaired) electrons. The molecular weight excluding hydrogens is 508 g/mol. The van der Waals surface area contributed by atoms with Gasteiger partial charge in [0.05, 0.1) is 0 Å². The molecule has 0 aliphatic rings. The van der Waals surface area contributed by atoms with Crippen LogP contribution in [-0.4, -0.2) is 23.1 Å². The van der Waals surface area contributed by atoms with Crippen molar-refractivity contribution in [3.8, 4) is 0 Å². The first kappa shape index (κ1) is 39.9. The molecule has 41 heavy (non-hydrogen) atoms. The van der Waals surface area contributed by atoms with Crippen molar-refractivity contribution in [2.45, 2.75) is 225 Å². The maximum absolute atomic E-state index is 12.5. The van der Waals surface area contributed by atoms with Crippen molar-refractivity contribution >= 4 is 11.9 Å². The molecule has 1 N–H and O–H groups in total. The molecule has 244 valence electrons. The van der Waals surface area contributed by atoms with E-state index in [1.54, 1.807) is 0 Å². The van der Waals surface area contributed by atoms with Crippen LogP contribution in [0.1, 0.15) is 219 Å². The van der Waals surface area contributed by atoms with E-state index in [1.165, 1.54) is 141 Å². The summed E-state index contributed by atoms with van der Waals surface area (Å²) in [6.07, 6.45) is 38.3. The monoisotopic (exact) mass is 581 g/mol. The van der Waals surface area contributed by atoms with E-state index >= 15 is 0 Å². The average Bonchev–Trinajstić information content (AvgIpc) is 2.95. The van der Waals surface area contributed by atoms with Crippen LogP contribution in [0.15, 0.2) is 0 Å². The van der Waals surface area contributed by atoms with Gasteiger partial charge in [-0.1, -0.05) is 168 Å². The van der Waals surface area contributed by atoms with Gasteiger partial charge >= 0.3 is 11.9 Å². The molecule has 0 aromatic carbocycles. The largest absolute Gasteiger partial charge is 0.481 e. The Labute approximate surface area is 256 Å². The van der Waals surface area contributed by atoms with Gasteiger partial charge in [-0.2, -0.15) is 0 Å². The van der Waals surface area contributed by atoms with E-state index in [2.05, 4.69) is 13.8 Å². The molecule has 1 unspecified atom stereocenters. The smallest absolute Gasteiger partial charge is 0.306 e. The Morgan fingerprint density at radius 3 is 1.10 bits per heavy atom. The van der Waals surface area contributed by atoms with E-state index in [9.17, 15) is 9.59 Å². The minimum absolute atomic E-state index is 0.0122. The molecule has 0 bridgehead atoms. The predicted molar refractivity (Wildman–Crippen MR) is 177 cm³/mol. The molecule has 0 amide bonds. The Morgan fingerprint density at radius 1 is 0.439 bits per heavy atom. The molecule has 1 atom stereocenters. The first-order chi connectivity index (χ1) is 20.1. The predicted octanol–water partition coefficient (Wildman–Crippen LogP) is 12.5. The standard InChI is InChI=1S/C37H72O4/c1-3-5-7-9-11-13-14-15-16-17-18-19-20-21-23-25-30-34-37(40)41-35(32-28-26-29-33-36(38)39)31-27-24-22-12-10-8-6-4-2/h35H,3-34H2,1-2H3,(H,38,39). The number of unbranched alkanes of at least 4 members (excludes halogenated alkanes) is 25. The normalized spacial score (nSPS) is 12.0. The molecule has 0 aliphatic heterocycles. The van der Waals surface area contributed by atoms with Crippen molar-refractivity contribution in [3.05, 3.63) is 0 Å². The second-order valence-electron chi connectivity index (χ2n) is 12.8. The third kappa shape index (κ3) is 33.3. The number of aliphatic carboxylic acids is 1. The van der Waals surface area contributed by atoms with E-state index in [-0.39, 0.29) is 18.5 Å². The van der Waals surface area contributed by atoms with Crippen molar-refractivity contribution in [3.63, 3.8) is 0 Å². The average molecular weight is 581 g/mol. The minimum atomic E-state index is -0.721. The molecule has 0 saturated carbocycles. The van der Waals surface area contributed by atoms with Crippen LogP contribution in [0.25, 0.3) is 0 Å². The van der Waals surface area contributed by atoms with Crippen molar-refractivity contribution in [1.82, 2.24) is 0 Å². The van der Waals surface area contributed by atoms with Crippen LogP contribution in [0, 0.1) is 0 Å². The summed E-state index contributed by atoms with van der Waals surface area (Å²) < 4.78 is 5.91. The van der Waals surface area contributed by atoms with Crippen LogP contribution in [0.2, 0.25) is 0 Å². The van der Waals surface area contributed by atoms with Crippen LogP contribution in [0.5, 0.6) is 0 Å². The summed E-state index contributed by atoms with van der Waals surface area (Å²) >= 11 is 0. The van der Waals surface area contributed by atoms with E-state index in [1.807, 2.05) is 0 Å². The van der Waals surface area contributed by atoms with Crippen LogP contribution in [0.3, 0.4) is 0 Å². The summed E-state index contributed by atoms with van der Waals surface area (Å²) in [5.41, 5.74) is 0. The number of carboxylic acids is 1. The maximum atomic E-state index is 12.5. The Bertz CT molecular complexity index is 547. The van der Waals surface area contributed by atoms with Gasteiger partial charge in [-0.15, -0.1) is 0 Å². The summed E-state index contributed by atoms with van der Waals surface area (Å²) in [7, 11) is 0. The van der Waals surface area contributed by atoms with Gasteiger partial charge in [0.1, 0.15) is 6.10 Å².